The first-order valence-electron chi connectivity index (χ1n) is 16.2. The summed E-state index contributed by atoms with van der Waals surface area (Å²) in [6.45, 7) is 5.67. The number of para-hydroxylation sites is 1. The minimum atomic E-state index is -3.11. The molecule has 6 rings (SSSR count). The van der Waals surface area contributed by atoms with Crippen molar-refractivity contribution in [2.75, 3.05) is 23.4 Å². The average molecular weight is 686 g/mol. The number of fused-ring (bicyclic) bond motifs is 2. The van der Waals surface area contributed by atoms with E-state index >= 15 is 0 Å². The fourth-order valence-electron chi connectivity index (χ4n) is 8.05. The highest BCUT2D eigenvalue weighted by Gasteiger charge is 2.67. The van der Waals surface area contributed by atoms with Crippen LogP contribution in [0.5, 0.6) is 0 Å². The number of hydrogen-bond donors (Lipinski definition) is 7. The van der Waals surface area contributed by atoms with Gasteiger partial charge in [0.2, 0.25) is 5.91 Å². The Balaban J connectivity index is 1.39. The molecule has 10 atom stereocenters. The molecule has 4 heterocycles. The summed E-state index contributed by atoms with van der Waals surface area (Å²) in [5.74, 6) is -2.18. The van der Waals surface area contributed by atoms with Crippen LogP contribution in [0.2, 0.25) is 18.6 Å². The number of hydrogen-bond acceptors (Lipinski definition) is 11. The summed E-state index contributed by atoms with van der Waals surface area (Å²) in [6.07, 6.45) is -8.60. The molecule has 48 heavy (non-hydrogen) atoms. The van der Waals surface area contributed by atoms with Gasteiger partial charge in [0.25, 0.3) is 11.8 Å². The molecule has 260 valence electrons. The van der Waals surface area contributed by atoms with E-state index in [0.717, 1.165) is 6.42 Å². The van der Waals surface area contributed by atoms with Crippen molar-refractivity contribution in [3.63, 3.8) is 0 Å². The maximum absolute atomic E-state index is 14.8. The highest BCUT2D eigenvalue weighted by atomic mass is 28.4. The number of amides is 3. The van der Waals surface area contributed by atoms with Crippen LogP contribution in [0.1, 0.15) is 31.7 Å². The van der Waals surface area contributed by atoms with Crippen LogP contribution in [0.15, 0.2) is 48.5 Å². The first-order valence-corrected chi connectivity index (χ1v) is 19.3. The average Bonchev–Trinajstić information content (AvgIpc) is 3.71. The largest absolute Gasteiger partial charge is 0.432 e. The van der Waals surface area contributed by atoms with Crippen molar-refractivity contribution in [3.05, 3.63) is 54.1 Å². The summed E-state index contributed by atoms with van der Waals surface area (Å²) >= 11 is 0. The number of aliphatic hydroxyl groups excluding tert-OH is 5. The van der Waals surface area contributed by atoms with Gasteiger partial charge in [0.1, 0.15) is 18.3 Å². The Morgan fingerprint density at radius 1 is 1.04 bits per heavy atom. The minimum absolute atomic E-state index is 0.0952. The molecule has 2 aromatic rings. The Morgan fingerprint density at radius 3 is 2.42 bits per heavy atom. The first kappa shape index (κ1) is 34.6. The number of rotatable bonds is 7. The topological polar surface area (TPSA) is 210 Å². The second kappa shape index (κ2) is 12.9. The van der Waals surface area contributed by atoms with Gasteiger partial charge in [-0.2, -0.15) is 0 Å². The zero-order valence-corrected chi connectivity index (χ0v) is 28.0. The van der Waals surface area contributed by atoms with E-state index in [2.05, 4.69) is 5.32 Å². The number of anilines is 3. The second-order valence-corrected chi connectivity index (χ2v) is 17.7. The molecule has 0 bridgehead atoms. The lowest BCUT2D eigenvalue weighted by Gasteiger charge is -2.37. The lowest BCUT2D eigenvalue weighted by Crippen LogP contribution is -2.60. The second-order valence-electron chi connectivity index (χ2n) is 13.7. The standard InChI is InChI=1S/C33H43N3O11Si/c1-17-29(48(2,3)45)23(15-24(38)35-13-7-10-20(35)16-37)47-33(17)21-14-18(34-30(42)28-26(40)25(39)27(41)31(43)46-28)11-12-22(21)36(32(33)44)19-8-5-4-6-9-19/h4-6,8-9,11-12,14,17,20,23,25-29,31,37,39-41,43,45H,7,10,13,15-16H2,1-3H3,(H,34,42)/t17-,20+,23+,25+,26+,27-,28+,29-,31-,33+/m1/s1. The maximum atomic E-state index is 14.8. The number of carbonyl (C=O) groups is 3. The van der Waals surface area contributed by atoms with Gasteiger partial charge in [-0.3, -0.25) is 19.3 Å². The Hall–Kier alpha value is -3.25. The van der Waals surface area contributed by atoms with E-state index in [1.54, 1.807) is 60.5 Å². The van der Waals surface area contributed by atoms with Crippen LogP contribution in [0.3, 0.4) is 0 Å². The van der Waals surface area contributed by atoms with Gasteiger partial charge in [-0.1, -0.05) is 25.1 Å². The molecule has 7 N–H and O–H groups in total. The molecule has 4 aliphatic heterocycles. The zero-order valence-electron chi connectivity index (χ0n) is 27.0. The Morgan fingerprint density at radius 2 is 1.75 bits per heavy atom. The van der Waals surface area contributed by atoms with Gasteiger partial charge in [-0.05, 0) is 56.3 Å². The number of aliphatic hydroxyl groups is 5. The molecular formula is C33H43N3O11Si. The first-order chi connectivity index (χ1) is 22.7. The highest BCUT2D eigenvalue weighted by Crippen LogP contribution is 2.61. The van der Waals surface area contributed by atoms with Crippen LogP contribution in [0.4, 0.5) is 17.1 Å². The van der Waals surface area contributed by atoms with E-state index in [-0.39, 0.29) is 30.7 Å². The smallest absolute Gasteiger partial charge is 0.268 e. The van der Waals surface area contributed by atoms with Crippen molar-refractivity contribution in [2.24, 2.45) is 5.92 Å². The highest BCUT2D eigenvalue weighted by molar-refractivity contribution is 6.71. The quantitative estimate of drug-likeness (QED) is 0.197. The van der Waals surface area contributed by atoms with Gasteiger partial charge in [-0.25, -0.2) is 0 Å². The minimum Gasteiger partial charge on any atom is -0.432 e. The number of ether oxygens (including phenoxy) is 2. The lowest BCUT2D eigenvalue weighted by molar-refractivity contribution is -0.274. The zero-order chi connectivity index (χ0) is 34.7. The molecule has 0 aromatic heterocycles. The summed E-state index contributed by atoms with van der Waals surface area (Å²) in [4.78, 5) is 56.4. The monoisotopic (exact) mass is 685 g/mol. The number of nitrogens with one attached hydrogen (secondary N) is 1. The molecule has 1 spiro atoms. The van der Waals surface area contributed by atoms with Crippen molar-refractivity contribution in [3.8, 4) is 0 Å². The third kappa shape index (κ3) is 5.66. The molecule has 2 aromatic carbocycles. The predicted octanol–water partition coefficient (Wildman–Crippen LogP) is 0.275. The molecule has 3 saturated heterocycles. The van der Waals surface area contributed by atoms with Gasteiger partial charge in [0.15, 0.2) is 26.3 Å². The number of likely N-dealkylation sites (tertiary alicyclic amines) is 1. The van der Waals surface area contributed by atoms with Crippen molar-refractivity contribution in [2.45, 2.75) is 93.3 Å². The molecule has 15 heteroatoms. The summed E-state index contributed by atoms with van der Waals surface area (Å²) in [5.41, 5.74) is -0.595. The lowest BCUT2D eigenvalue weighted by atomic mass is 9.82. The third-order valence-corrected chi connectivity index (χ3v) is 12.8. The van der Waals surface area contributed by atoms with Crippen LogP contribution < -0.4 is 10.2 Å². The van der Waals surface area contributed by atoms with Crippen LogP contribution in [0, 0.1) is 5.92 Å². The van der Waals surface area contributed by atoms with Crippen LogP contribution in [-0.4, -0.2) is 117 Å². The van der Waals surface area contributed by atoms with Gasteiger partial charge in [-0.15, -0.1) is 0 Å². The molecule has 3 fully saturated rings. The molecular weight excluding hydrogens is 642 g/mol. The third-order valence-electron chi connectivity index (χ3n) is 10.3. The SMILES string of the molecule is C[C@@H]1[C@@H]([Si](C)(C)O)[C@H](CC(=O)N2CCC[C@H]2CO)O[C@@]12C(=O)N(c1ccccc1)c1ccc(NC(=O)[C@H]3O[C@@H](O)[C@H](O)[C@@H](O)[C@@H]3O)cc12. The van der Waals surface area contributed by atoms with E-state index in [1.807, 2.05) is 13.0 Å². The van der Waals surface area contributed by atoms with Crippen molar-refractivity contribution in [1.82, 2.24) is 4.90 Å². The van der Waals surface area contributed by atoms with Gasteiger partial charge in [0, 0.05) is 34.9 Å². The fourth-order valence-corrected chi connectivity index (χ4v) is 10.6. The molecule has 0 aliphatic carbocycles. The summed E-state index contributed by atoms with van der Waals surface area (Å²) in [6, 6.07) is 13.4. The molecule has 0 saturated carbocycles. The Bertz CT molecular complexity index is 1560. The van der Waals surface area contributed by atoms with E-state index in [1.165, 1.54) is 4.90 Å². The van der Waals surface area contributed by atoms with Gasteiger partial charge >= 0.3 is 0 Å². The van der Waals surface area contributed by atoms with Crippen molar-refractivity contribution < 1.29 is 54.2 Å². The molecule has 3 amide bonds. The molecule has 4 aliphatic rings. The van der Waals surface area contributed by atoms with Crippen LogP contribution >= 0.6 is 0 Å². The number of nitrogens with zero attached hydrogens (tertiary/aromatic N) is 2. The van der Waals surface area contributed by atoms with E-state index in [0.29, 0.717) is 29.9 Å². The fraction of sp³-hybridized carbons (Fsp3) is 0.545. The summed E-state index contributed by atoms with van der Waals surface area (Å²) in [5, 5.41) is 52.7. The summed E-state index contributed by atoms with van der Waals surface area (Å²) in [7, 11) is -3.11. The van der Waals surface area contributed by atoms with E-state index in [9.17, 15) is 44.7 Å². The van der Waals surface area contributed by atoms with Gasteiger partial charge < -0.3 is 50.0 Å². The summed E-state index contributed by atoms with van der Waals surface area (Å²) < 4.78 is 11.9. The van der Waals surface area contributed by atoms with E-state index < -0.39 is 74.0 Å². The molecule has 0 radical (unpaired) electrons. The molecule has 0 unspecified atom stereocenters. The van der Waals surface area contributed by atoms with Gasteiger partial charge in [0.05, 0.1) is 30.9 Å². The predicted molar refractivity (Wildman–Crippen MR) is 173 cm³/mol. The number of benzene rings is 2. The normalized spacial score (nSPS) is 34.9. The Labute approximate surface area is 278 Å². The van der Waals surface area contributed by atoms with E-state index in [4.69, 9.17) is 9.47 Å². The van der Waals surface area contributed by atoms with Crippen LogP contribution in [-0.2, 0) is 29.5 Å². The maximum Gasteiger partial charge on any atom is 0.268 e. The van der Waals surface area contributed by atoms with Crippen molar-refractivity contribution in [1.29, 1.82) is 0 Å². The Kier molecular flexibility index (Phi) is 9.29. The molecule has 14 nitrogen and oxygen atoms in total. The van der Waals surface area contributed by atoms with Crippen LogP contribution in [0.25, 0.3) is 0 Å². The van der Waals surface area contributed by atoms with Crippen molar-refractivity contribution >= 4 is 43.1 Å². The number of carbonyl (C=O) groups excluding carboxylic acids is 3.